The Hall–Kier alpha value is -0.380. The summed E-state index contributed by atoms with van der Waals surface area (Å²) in [5.41, 5.74) is 2.17. The van der Waals surface area contributed by atoms with Crippen LogP contribution in [0, 0.1) is 0 Å². The molecule has 0 bridgehead atoms. The Morgan fingerprint density at radius 1 is 1.44 bits per heavy atom. The van der Waals surface area contributed by atoms with E-state index >= 15 is 0 Å². The van der Waals surface area contributed by atoms with E-state index < -0.39 is 0 Å². The van der Waals surface area contributed by atoms with Gasteiger partial charge in [-0.1, -0.05) is 11.6 Å². The van der Waals surface area contributed by atoms with Crippen molar-refractivity contribution in [1.82, 2.24) is 9.55 Å². The molecule has 3 rings (SSSR count). The number of thioether (sulfide) groups is 1. The van der Waals surface area contributed by atoms with Crippen LogP contribution in [0.2, 0.25) is 5.02 Å². The predicted octanol–water partition coefficient (Wildman–Crippen LogP) is 4.15. The van der Waals surface area contributed by atoms with E-state index in [-0.39, 0.29) is 0 Å². The number of alkyl halides is 1. The number of hydrogen-bond acceptors (Lipinski definition) is 2. The Balaban J connectivity index is 2.16. The van der Waals surface area contributed by atoms with Crippen molar-refractivity contribution in [3.8, 4) is 0 Å². The Bertz CT molecular complexity index is 561. The summed E-state index contributed by atoms with van der Waals surface area (Å²) in [5, 5.41) is 0.770. The van der Waals surface area contributed by atoms with Crippen LogP contribution in [-0.4, -0.2) is 26.9 Å². The van der Waals surface area contributed by atoms with Crippen molar-refractivity contribution in [3.05, 3.63) is 29.0 Å². The summed E-state index contributed by atoms with van der Waals surface area (Å²) < 4.78 is 2.35. The number of benzene rings is 1. The average Bonchev–Trinajstić information content (AvgIpc) is 2.95. The summed E-state index contributed by atoms with van der Waals surface area (Å²) in [6, 6.07) is 6.45. The van der Waals surface area contributed by atoms with Crippen molar-refractivity contribution in [2.75, 3.05) is 17.4 Å². The molecule has 1 aliphatic rings. The number of hydrogen-bond donors (Lipinski definition) is 0. The molecule has 2 aromatic rings. The van der Waals surface area contributed by atoms with Gasteiger partial charge in [0.2, 0.25) is 0 Å². The molecule has 0 amide bonds. The maximum atomic E-state index is 6.11. The molecule has 2 heterocycles. The van der Waals surface area contributed by atoms with E-state index in [1.54, 1.807) is 0 Å². The molecule has 0 aliphatic carbocycles. The number of aromatic nitrogens is 2. The van der Waals surface area contributed by atoms with Crippen molar-refractivity contribution in [2.24, 2.45) is 0 Å². The van der Waals surface area contributed by atoms with Gasteiger partial charge in [-0.3, -0.25) is 0 Å². The summed E-state index contributed by atoms with van der Waals surface area (Å²) in [6.07, 6.45) is 2.02. The van der Waals surface area contributed by atoms with E-state index in [2.05, 4.69) is 4.57 Å². The van der Waals surface area contributed by atoms with Gasteiger partial charge in [-0.05, 0) is 30.4 Å². The monoisotopic (exact) mass is 300 g/mol. The first-order chi connectivity index (χ1) is 8.79. The van der Waals surface area contributed by atoms with Gasteiger partial charge in [-0.15, -0.1) is 11.6 Å². The van der Waals surface area contributed by atoms with Crippen LogP contribution in [0.25, 0.3) is 11.0 Å². The highest BCUT2D eigenvalue weighted by Gasteiger charge is 2.22. The Morgan fingerprint density at radius 3 is 3.06 bits per heavy atom. The van der Waals surface area contributed by atoms with E-state index in [0.29, 0.717) is 11.9 Å². The van der Waals surface area contributed by atoms with Gasteiger partial charge in [-0.25, -0.2) is 4.98 Å². The minimum atomic E-state index is 0.539. The smallest absolute Gasteiger partial charge is 0.111 e. The fraction of sp³-hybridized carbons (Fsp3) is 0.462. The Kier molecular flexibility index (Phi) is 3.73. The van der Waals surface area contributed by atoms with Gasteiger partial charge in [-0.2, -0.15) is 11.8 Å². The predicted molar refractivity (Wildman–Crippen MR) is 80.1 cm³/mol. The quantitative estimate of drug-likeness (QED) is 0.793. The van der Waals surface area contributed by atoms with Crippen LogP contribution < -0.4 is 0 Å². The molecule has 1 fully saturated rings. The Labute approximate surface area is 121 Å². The standard InChI is InChI=1S/C13H14Cl2N2S/c14-5-3-13-16-11-2-1-9(15)7-12(11)17(13)10-4-6-18-8-10/h1-2,7,10H,3-6,8H2. The molecule has 1 aromatic heterocycles. The zero-order valence-corrected chi connectivity index (χ0v) is 12.2. The van der Waals surface area contributed by atoms with E-state index in [1.165, 1.54) is 12.2 Å². The first-order valence-corrected chi connectivity index (χ1v) is 8.16. The number of nitrogens with zero attached hydrogens (tertiary/aromatic N) is 2. The summed E-state index contributed by atoms with van der Waals surface area (Å²) in [5.74, 6) is 4.09. The van der Waals surface area contributed by atoms with Gasteiger partial charge in [0, 0.05) is 29.1 Å². The van der Waals surface area contributed by atoms with E-state index in [9.17, 15) is 0 Å². The highest BCUT2D eigenvalue weighted by molar-refractivity contribution is 7.99. The third-order valence-corrected chi connectivity index (χ3v) is 4.88. The minimum absolute atomic E-state index is 0.539. The van der Waals surface area contributed by atoms with E-state index in [4.69, 9.17) is 28.2 Å². The van der Waals surface area contributed by atoms with Crippen molar-refractivity contribution in [1.29, 1.82) is 0 Å². The lowest BCUT2D eigenvalue weighted by molar-refractivity contribution is 0.552. The molecule has 96 valence electrons. The molecule has 1 unspecified atom stereocenters. The number of fused-ring (bicyclic) bond motifs is 1. The number of aryl methyl sites for hydroxylation is 1. The zero-order chi connectivity index (χ0) is 12.5. The highest BCUT2D eigenvalue weighted by atomic mass is 35.5. The summed E-state index contributed by atoms with van der Waals surface area (Å²) >= 11 is 14.0. The SMILES string of the molecule is ClCCc1nc2ccc(Cl)cc2n1C1CCSC1. The van der Waals surface area contributed by atoms with Gasteiger partial charge >= 0.3 is 0 Å². The molecular weight excluding hydrogens is 287 g/mol. The molecule has 1 saturated heterocycles. The second kappa shape index (κ2) is 5.32. The van der Waals surface area contributed by atoms with Crippen LogP contribution in [0.4, 0.5) is 0 Å². The fourth-order valence-corrected chi connectivity index (χ4v) is 4.04. The molecule has 0 saturated carbocycles. The molecule has 2 nitrogen and oxygen atoms in total. The molecule has 18 heavy (non-hydrogen) atoms. The third kappa shape index (κ3) is 2.24. The highest BCUT2D eigenvalue weighted by Crippen LogP contribution is 2.33. The van der Waals surface area contributed by atoms with Gasteiger partial charge < -0.3 is 4.57 Å². The van der Waals surface area contributed by atoms with Crippen LogP contribution in [0.5, 0.6) is 0 Å². The maximum absolute atomic E-state index is 6.11. The molecule has 0 N–H and O–H groups in total. The summed E-state index contributed by atoms with van der Waals surface area (Å²) in [4.78, 5) is 4.70. The van der Waals surface area contributed by atoms with Crippen LogP contribution in [-0.2, 0) is 6.42 Å². The minimum Gasteiger partial charge on any atom is -0.324 e. The molecule has 0 radical (unpaired) electrons. The van der Waals surface area contributed by atoms with Crippen LogP contribution in [0.3, 0.4) is 0 Å². The second-order valence-electron chi connectivity index (χ2n) is 4.49. The van der Waals surface area contributed by atoms with Crippen molar-refractivity contribution < 1.29 is 0 Å². The number of rotatable bonds is 3. The van der Waals surface area contributed by atoms with E-state index in [1.807, 2.05) is 30.0 Å². The van der Waals surface area contributed by atoms with Crippen LogP contribution in [0.15, 0.2) is 18.2 Å². The molecular formula is C13H14Cl2N2S. The summed E-state index contributed by atoms with van der Waals surface area (Å²) in [7, 11) is 0. The molecule has 1 aromatic carbocycles. The first-order valence-electron chi connectivity index (χ1n) is 6.09. The lowest BCUT2D eigenvalue weighted by Crippen LogP contribution is -2.12. The topological polar surface area (TPSA) is 17.8 Å². The number of imidazole rings is 1. The van der Waals surface area contributed by atoms with Gasteiger partial charge in [0.15, 0.2) is 0 Å². The van der Waals surface area contributed by atoms with Gasteiger partial charge in [0.1, 0.15) is 5.82 Å². The third-order valence-electron chi connectivity index (χ3n) is 3.31. The van der Waals surface area contributed by atoms with E-state index in [0.717, 1.165) is 34.1 Å². The lowest BCUT2D eigenvalue weighted by Gasteiger charge is -2.15. The average molecular weight is 301 g/mol. The van der Waals surface area contributed by atoms with Crippen molar-refractivity contribution in [3.63, 3.8) is 0 Å². The molecule has 1 atom stereocenters. The molecule has 5 heteroatoms. The fourth-order valence-electron chi connectivity index (χ4n) is 2.51. The largest absolute Gasteiger partial charge is 0.324 e. The Morgan fingerprint density at radius 2 is 2.33 bits per heavy atom. The second-order valence-corrected chi connectivity index (χ2v) is 6.45. The van der Waals surface area contributed by atoms with Gasteiger partial charge in [0.25, 0.3) is 0 Å². The number of halogens is 2. The summed E-state index contributed by atoms with van der Waals surface area (Å²) in [6.45, 7) is 0. The first kappa shape index (κ1) is 12.6. The zero-order valence-electron chi connectivity index (χ0n) is 9.90. The normalized spacial score (nSPS) is 19.8. The van der Waals surface area contributed by atoms with Crippen LogP contribution in [0.1, 0.15) is 18.3 Å². The molecule has 0 spiro atoms. The van der Waals surface area contributed by atoms with Crippen LogP contribution >= 0.6 is 35.0 Å². The molecule has 1 aliphatic heterocycles. The van der Waals surface area contributed by atoms with Crippen molar-refractivity contribution >= 4 is 46.0 Å². The van der Waals surface area contributed by atoms with Crippen molar-refractivity contribution in [2.45, 2.75) is 18.9 Å². The lowest BCUT2D eigenvalue weighted by atomic mass is 10.2. The maximum Gasteiger partial charge on any atom is 0.111 e. The van der Waals surface area contributed by atoms with Gasteiger partial charge in [0.05, 0.1) is 11.0 Å².